The minimum Gasteiger partial charge on any atom is -0.482 e. The summed E-state index contributed by atoms with van der Waals surface area (Å²) in [5, 5.41) is 10.5. The number of para-hydroxylation sites is 1. The molecule has 3 rings (SSSR count). The normalized spacial score (nSPS) is 10.6. The summed E-state index contributed by atoms with van der Waals surface area (Å²) < 4.78 is 37.2. The smallest absolute Gasteiger partial charge is 0.277 e. The number of nitrogens with zero attached hydrogens (tertiary/aromatic N) is 2. The first-order chi connectivity index (χ1) is 13.0. The molecule has 0 fully saturated rings. The van der Waals surface area contributed by atoms with E-state index in [1.54, 1.807) is 24.3 Å². The van der Waals surface area contributed by atoms with E-state index in [1.165, 1.54) is 0 Å². The summed E-state index contributed by atoms with van der Waals surface area (Å²) in [6.07, 6.45) is 0. The Morgan fingerprint density at radius 1 is 1.22 bits per heavy atom. The van der Waals surface area contributed by atoms with Gasteiger partial charge in [-0.1, -0.05) is 35.5 Å². The van der Waals surface area contributed by atoms with E-state index in [9.17, 15) is 13.6 Å². The average molecular weight is 412 g/mol. The lowest BCUT2D eigenvalue weighted by Crippen LogP contribution is -2.15. The third-order valence-electron chi connectivity index (χ3n) is 3.17. The molecule has 0 spiro atoms. The number of ether oxygens (including phenoxy) is 1. The van der Waals surface area contributed by atoms with Gasteiger partial charge >= 0.3 is 0 Å². The molecule has 0 radical (unpaired) electrons. The van der Waals surface area contributed by atoms with Crippen LogP contribution in [0.25, 0.3) is 0 Å². The van der Waals surface area contributed by atoms with Crippen molar-refractivity contribution in [3.8, 4) is 5.75 Å². The molecular weight excluding hydrogens is 400 g/mol. The predicted molar refractivity (Wildman–Crippen MR) is 95.8 cm³/mol. The van der Waals surface area contributed by atoms with Crippen molar-refractivity contribution in [2.24, 2.45) is 0 Å². The number of anilines is 1. The van der Waals surface area contributed by atoms with Crippen molar-refractivity contribution in [2.75, 3.05) is 11.1 Å². The van der Waals surface area contributed by atoms with Gasteiger partial charge in [0.2, 0.25) is 5.91 Å². The zero-order chi connectivity index (χ0) is 19.2. The molecule has 10 heteroatoms. The van der Waals surface area contributed by atoms with Crippen molar-refractivity contribution in [2.45, 2.75) is 11.8 Å². The van der Waals surface area contributed by atoms with Crippen LogP contribution in [0.3, 0.4) is 0 Å². The van der Waals surface area contributed by atoms with Gasteiger partial charge in [0.1, 0.15) is 17.4 Å². The Bertz CT molecular complexity index is 955. The highest BCUT2D eigenvalue weighted by molar-refractivity contribution is 7.99. The predicted octanol–water partition coefficient (Wildman–Crippen LogP) is 4.31. The molecule has 3 aromatic rings. The standard InChI is InChI=1S/C17H12ClF2N3O3S/c18-11-3-1-2-4-14(11)25-8-16-22-23-17(26-16)27-9-15(24)21-13-6-5-10(19)7-12(13)20/h1-7H,8-9H2,(H,21,24). The number of halogens is 3. The first-order valence-corrected chi connectivity index (χ1v) is 8.95. The van der Waals surface area contributed by atoms with Gasteiger partial charge in [-0.2, -0.15) is 0 Å². The molecule has 140 valence electrons. The molecule has 1 heterocycles. The Morgan fingerprint density at radius 3 is 2.81 bits per heavy atom. The van der Waals surface area contributed by atoms with E-state index in [0.717, 1.165) is 23.9 Å². The van der Waals surface area contributed by atoms with Gasteiger partial charge in [-0.15, -0.1) is 10.2 Å². The largest absolute Gasteiger partial charge is 0.482 e. The lowest BCUT2D eigenvalue weighted by atomic mass is 10.3. The fraction of sp³-hybridized carbons (Fsp3) is 0.118. The van der Waals surface area contributed by atoms with Gasteiger partial charge in [0.05, 0.1) is 16.5 Å². The Balaban J connectivity index is 1.49. The maximum atomic E-state index is 13.5. The maximum Gasteiger partial charge on any atom is 0.277 e. The molecule has 0 bridgehead atoms. The molecule has 0 saturated carbocycles. The molecule has 0 atom stereocenters. The van der Waals surface area contributed by atoms with Gasteiger partial charge in [0.15, 0.2) is 6.61 Å². The number of carbonyl (C=O) groups is 1. The third-order valence-corrected chi connectivity index (χ3v) is 4.30. The number of benzene rings is 2. The maximum absolute atomic E-state index is 13.5. The van der Waals surface area contributed by atoms with Crippen molar-refractivity contribution in [3.63, 3.8) is 0 Å². The number of amides is 1. The molecule has 0 aliphatic rings. The summed E-state index contributed by atoms with van der Waals surface area (Å²) in [7, 11) is 0. The van der Waals surface area contributed by atoms with Crippen molar-refractivity contribution in [1.29, 1.82) is 0 Å². The molecule has 0 aliphatic heterocycles. The number of hydrogen-bond acceptors (Lipinski definition) is 6. The first-order valence-electron chi connectivity index (χ1n) is 7.58. The second-order valence-corrected chi connectivity index (χ2v) is 6.48. The summed E-state index contributed by atoms with van der Waals surface area (Å²) in [4.78, 5) is 11.9. The van der Waals surface area contributed by atoms with Crippen molar-refractivity contribution >= 4 is 35.0 Å². The van der Waals surface area contributed by atoms with Crippen molar-refractivity contribution < 1.29 is 22.7 Å². The van der Waals surface area contributed by atoms with Gasteiger partial charge < -0.3 is 14.5 Å². The van der Waals surface area contributed by atoms with Gasteiger partial charge in [-0.3, -0.25) is 4.79 Å². The summed E-state index contributed by atoms with van der Waals surface area (Å²) in [6, 6.07) is 9.82. The lowest BCUT2D eigenvalue weighted by Gasteiger charge is -2.05. The quantitative estimate of drug-likeness (QED) is 0.584. The van der Waals surface area contributed by atoms with Crippen LogP contribution in [0.5, 0.6) is 5.75 Å². The molecule has 27 heavy (non-hydrogen) atoms. The molecule has 0 aliphatic carbocycles. The third kappa shape index (κ3) is 5.41. The van der Waals surface area contributed by atoms with Crippen molar-refractivity contribution in [1.82, 2.24) is 10.2 Å². The fourth-order valence-electron chi connectivity index (χ4n) is 1.96. The number of nitrogens with one attached hydrogen (secondary N) is 1. The molecular formula is C17H12ClF2N3O3S. The Labute approximate surface area is 161 Å². The minimum absolute atomic E-state index is 0.0181. The monoisotopic (exact) mass is 411 g/mol. The van der Waals surface area contributed by atoms with Crippen LogP contribution < -0.4 is 10.1 Å². The van der Waals surface area contributed by atoms with Crippen LogP contribution in [0.1, 0.15) is 5.89 Å². The van der Waals surface area contributed by atoms with Crippen LogP contribution in [-0.4, -0.2) is 21.9 Å². The molecule has 1 aromatic heterocycles. The van der Waals surface area contributed by atoms with Gasteiger partial charge in [0.25, 0.3) is 11.1 Å². The van der Waals surface area contributed by atoms with Gasteiger partial charge in [-0.25, -0.2) is 8.78 Å². The Hall–Kier alpha value is -2.65. The SMILES string of the molecule is O=C(CSc1nnc(COc2ccccc2Cl)o1)Nc1ccc(F)cc1F. The molecule has 2 aromatic carbocycles. The van der Waals surface area contributed by atoms with Crippen LogP contribution in [0.4, 0.5) is 14.5 Å². The molecule has 0 saturated heterocycles. The lowest BCUT2D eigenvalue weighted by molar-refractivity contribution is -0.113. The summed E-state index contributed by atoms with van der Waals surface area (Å²) in [6.45, 7) is 0.0181. The molecule has 6 nitrogen and oxygen atoms in total. The summed E-state index contributed by atoms with van der Waals surface area (Å²) >= 11 is 6.95. The second-order valence-electron chi connectivity index (χ2n) is 5.14. The molecule has 1 N–H and O–H groups in total. The van der Waals surface area contributed by atoms with E-state index in [0.29, 0.717) is 16.8 Å². The first kappa shape index (κ1) is 19.1. The second kappa shape index (κ2) is 8.83. The average Bonchev–Trinajstić information content (AvgIpc) is 3.10. The van der Waals surface area contributed by atoms with Crippen LogP contribution >= 0.6 is 23.4 Å². The zero-order valence-electron chi connectivity index (χ0n) is 13.6. The highest BCUT2D eigenvalue weighted by Gasteiger charge is 2.12. The van der Waals surface area contributed by atoms with E-state index < -0.39 is 17.5 Å². The number of hydrogen-bond donors (Lipinski definition) is 1. The van der Waals surface area contributed by atoms with E-state index in [1.807, 2.05) is 0 Å². The van der Waals surface area contributed by atoms with Crippen LogP contribution in [0.15, 0.2) is 52.1 Å². The molecule has 1 amide bonds. The summed E-state index contributed by atoms with van der Waals surface area (Å²) in [5.41, 5.74) is -0.110. The highest BCUT2D eigenvalue weighted by atomic mass is 35.5. The number of carbonyl (C=O) groups excluding carboxylic acids is 1. The Kier molecular flexibility index (Phi) is 6.25. The Morgan fingerprint density at radius 2 is 2.04 bits per heavy atom. The van der Waals surface area contributed by atoms with E-state index in [4.69, 9.17) is 20.8 Å². The van der Waals surface area contributed by atoms with Crippen LogP contribution in [0.2, 0.25) is 5.02 Å². The minimum atomic E-state index is -0.856. The fourth-order valence-corrected chi connectivity index (χ4v) is 2.73. The number of aromatic nitrogens is 2. The topological polar surface area (TPSA) is 77.2 Å². The number of rotatable bonds is 7. The van der Waals surface area contributed by atoms with E-state index in [2.05, 4.69) is 15.5 Å². The molecule has 0 unspecified atom stereocenters. The zero-order valence-corrected chi connectivity index (χ0v) is 15.2. The summed E-state index contributed by atoms with van der Waals surface area (Å²) in [5.74, 6) is -1.49. The van der Waals surface area contributed by atoms with E-state index in [-0.39, 0.29) is 29.2 Å². The van der Waals surface area contributed by atoms with E-state index >= 15 is 0 Å². The number of thioether (sulfide) groups is 1. The van der Waals surface area contributed by atoms with Gasteiger partial charge in [0, 0.05) is 6.07 Å². The van der Waals surface area contributed by atoms with Crippen LogP contribution in [-0.2, 0) is 11.4 Å². The van der Waals surface area contributed by atoms with Crippen molar-refractivity contribution in [3.05, 3.63) is 65.0 Å². The highest BCUT2D eigenvalue weighted by Crippen LogP contribution is 2.24. The van der Waals surface area contributed by atoms with Crippen LogP contribution in [0, 0.1) is 11.6 Å². The van der Waals surface area contributed by atoms with Gasteiger partial charge in [-0.05, 0) is 24.3 Å².